The van der Waals surface area contributed by atoms with Gasteiger partial charge in [0.1, 0.15) is 0 Å². The smallest absolute Gasteiger partial charge is 0.251 e. The first-order chi connectivity index (χ1) is 13.3. The van der Waals surface area contributed by atoms with Crippen LogP contribution in [0.2, 0.25) is 0 Å². The van der Waals surface area contributed by atoms with E-state index in [1.807, 2.05) is 6.07 Å². The van der Waals surface area contributed by atoms with Crippen LogP contribution in [0.25, 0.3) is 6.08 Å². The molecule has 2 heteroatoms. The second kappa shape index (κ2) is 8.56. The van der Waals surface area contributed by atoms with E-state index < -0.39 is 0 Å². The molecule has 2 aromatic rings. The molecule has 2 aromatic carbocycles. The number of anilines is 1. The molecule has 1 amide bonds. The fourth-order valence-corrected chi connectivity index (χ4v) is 4.47. The Morgan fingerprint density at radius 3 is 2.48 bits per heavy atom. The van der Waals surface area contributed by atoms with Gasteiger partial charge in [0.2, 0.25) is 0 Å². The Morgan fingerprint density at radius 1 is 0.889 bits per heavy atom. The van der Waals surface area contributed by atoms with E-state index in [0.717, 1.165) is 36.4 Å². The Bertz CT molecular complexity index is 812. The predicted octanol–water partition coefficient (Wildman–Crippen LogP) is 6.17. The summed E-state index contributed by atoms with van der Waals surface area (Å²) in [5, 5.41) is 3.09. The average molecular weight is 360 g/mol. The van der Waals surface area contributed by atoms with Gasteiger partial charge in [-0.3, -0.25) is 4.79 Å². The number of fused-ring (bicyclic) bond motifs is 1. The summed E-state index contributed by atoms with van der Waals surface area (Å²) in [6.07, 6.45) is 13.1. The number of amides is 1. The van der Waals surface area contributed by atoms with Crippen LogP contribution >= 0.6 is 0 Å². The van der Waals surface area contributed by atoms with Crippen molar-refractivity contribution in [3.8, 4) is 0 Å². The van der Waals surface area contributed by atoms with Crippen molar-refractivity contribution in [3.05, 3.63) is 70.8 Å². The third-order valence-corrected chi connectivity index (χ3v) is 6.03. The molecule has 1 saturated carbocycles. The lowest BCUT2D eigenvalue weighted by Crippen LogP contribution is -2.14. The number of carbonyl (C=O) groups excluding carboxylic acids is 1. The molecule has 140 valence electrons. The minimum Gasteiger partial charge on any atom is -0.322 e. The van der Waals surface area contributed by atoms with E-state index in [9.17, 15) is 4.79 Å². The van der Waals surface area contributed by atoms with Crippen molar-refractivity contribution in [1.29, 1.82) is 0 Å². The van der Waals surface area contributed by atoms with Crippen LogP contribution in [0.4, 0.5) is 5.69 Å². The number of aryl methyl sites for hydroxylation is 1. The summed E-state index contributed by atoms with van der Waals surface area (Å²) in [6, 6.07) is 16.9. The van der Waals surface area contributed by atoms with Gasteiger partial charge < -0.3 is 5.32 Å². The Labute approximate surface area is 162 Å². The van der Waals surface area contributed by atoms with Crippen molar-refractivity contribution in [1.82, 2.24) is 0 Å². The molecule has 4 rings (SSSR count). The van der Waals surface area contributed by atoms with Gasteiger partial charge in [0.15, 0.2) is 0 Å². The lowest BCUT2D eigenvalue weighted by molar-refractivity contribution is -0.112. The highest BCUT2D eigenvalue weighted by molar-refractivity contribution is 6.06. The van der Waals surface area contributed by atoms with Crippen LogP contribution in [-0.2, 0) is 17.6 Å². The fraction of sp³-hybridized carbons (Fsp3) is 0.400. The van der Waals surface area contributed by atoms with Crippen molar-refractivity contribution in [2.45, 2.75) is 57.8 Å². The number of nitrogens with one attached hydrogen (secondary N) is 1. The minimum atomic E-state index is 0.0340. The van der Waals surface area contributed by atoms with Crippen LogP contribution in [0.5, 0.6) is 0 Å². The predicted molar refractivity (Wildman–Crippen MR) is 113 cm³/mol. The molecule has 0 spiro atoms. The maximum absolute atomic E-state index is 12.8. The highest BCUT2D eigenvalue weighted by Gasteiger charge is 2.16. The quantitative estimate of drug-likeness (QED) is 0.695. The molecular weight excluding hydrogens is 330 g/mol. The summed E-state index contributed by atoms with van der Waals surface area (Å²) in [6.45, 7) is 0. The zero-order valence-electron chi connectivity index (χ0n) is 16.0. The molecule has 27 heavy (non-hydrogen) atoms. The van der Waals surface area contributed by atoms with E-state index >= 15 is 0 Å². The first kappa shape index (κ1) is 18.0. The zero-order valence-corrected chi connectivity index (χ0v) is 16.0. The lowest BCUT2D eigenvalue weighted by Gasteiger charge is -2.21. The Balaban J connectivity index is 1.40. The van der Waals surface area contributed by atoms with E-state index in [4.69, 9.17) is 0 Å². The maximum Gasteiger partial charge on any atom is 0.251 e. The van der Waals surface area contributed by atoms with Crippen LogP contribution in [0.1, 0.15) is 61.6 Å². The summed E-state index contributed by atoms with van der Waals surface area (Å²) in [5.74, 6) is 0.877. The molecule has 0 bridgehead atoms. The fourth-order valence-electron chi connectivity index (χ4n) is 4.47. The molecule has 0 aliphatic heterocycles. The zero-order chi connectivity index (χ0) is 18.5. The molecule has 2 aliphatic rings. The summed E-state index contributed by atoms with van der Waals surface area (Å²) in [4.78, 5) is 12.8. The second-order valence-corrected chi connectivity index (χ2v) is 8.08. The largest absolute Gasteiger partial charge is 0.322 e. The summed E-state index contributed by atoms with van der Waals surface area (Å²) >= 11 is 0. The van der Waals surface area contributed by atoms with Gasteiger partial charge in [-0.1, -0.05) is 68.5 Å². The van der Waals surface area contributed by atoms with Crippen LogP contribution in [-0.4, -0.2) is 5.91 Å². The number of benzene rings is 2. The van der Waals surface area contributed by atoms with Crippen LogP contribution in [0.3, 0.4) is 0 Å². The Hall–Kier alpha value is -2.35. The van der Waals surface area contributed by atoms with E-state index in [1.54, 1.807) is 0 Å². The van der Waals surface area contributed by atoms with Gasteiger partial charge in [-0.05, 0) is 66.5 Å². The molecule has 1 fully saturated rings. The lowest BCUT2D eigenvalue weighted by atomic mass is 9.85. The number of hydrogen-bond acceptors (Lipinski definition) is 1. The van der Waals surface area contributed by atoms with E-state index in [2.05, 4.69) is 53.9 Å². The van der Waals surface area contributed by atoms with Crippen molar-refractivity contribution >= 4 is 17.7 Å². The Morgan fingerprint density at radius 2 is 1.67 bits per heavy atom. The van der Waals surface area contributed by atoms with Crippen molar-refractivity contribution in [2.24, 2.45) is 5.92 Å². The highest BCUT2D eigenvalue weighted by Crippen LogP contribution is 2.28. The van der Waals surface area contributed by atoms with Crippen molar-refractivity contribution < 1.29 is 4.79 Å². The molecule has 0 aromatic heterocycles. The molecule has 0 heterocycles. The number of hydrogen-bond donors (Lipinski definition) is 1. The molecule has 0 saturated heterocycles. The molecule has 0 atom stereocenters. The van der Waals surface area contributed by atoms with E-state index in [-0.39, 0.29) is 5.91 Å². The normalized spacial score (nSPS) is 17.6. The first-order valence-electron chi connectivity index (χ1n) is 10.5. The van der Waals surface area contributed by atoms with Gasteiger partial charge in [-0.2, -0.15) is 0 Å². The average Bonchev–Trinajstić information content (AvgIpc) is 2.93. The van der Waals surface area contributed by atoms with Crippen LogP contribution < -0.4 is 5.32 Å². The molecule has 2 nitrogen and oxygen atoms in total. The SMILES string of the molecule is O=C(Nc1ccc(CC2CCCCC2)cc1)C1=Cc2ccccc2CCC1. The van der Waals surface area contributed by atoms with Crippen molar-refractivity contribution in [2.75, 3.05) is 5.32 Å². The van der Waals surface area contributed by atoms with E-state index in [1.165, 1.54) is 55.2 Å². The molecule has 0 radical (unpaired) electrons. The number of rotatable bonds is 4. The van der Waals surface area contributed by atoms with Crippen molar-refractivity contribution in [3.63, 3.8) is 0 Å². The van der Waals surface area contributed by atoms with Gasteiger partial charge in [-0.15, -0.1) is 0 Å². The standard InChI is InChI=1S/C25H29NO/c27-25(23-12-6-11-21-9-4-5-10-22(21)18-23)26-24-15-13-20(14-16-24)17-19-7-2-1-3-8-19/h4-5,9-10,13-16,18-19H,1-3,6-8,11-12,17H2,(H,26,27). The van der Waals surface area contributed by atoms with Gasteiger partial charge >= 0.3 is 0 Å². The number of carbonyl (C=O) groups is 1. The summed E-state index contributed by atoms with van der Waals surface area (Å²) < 4.78 is 0. The second-order valence-electron chi connectivity index (χ2n) is 8.08. The molecule has 1 N–H and O–H groups in total. The highest BCUT2D eigenvalue weighted by atomic mass is 16.1. The first-order valence-corrected chi connectivity index (χ1v) is 10.5. The molecular formula is C25H29NO. The van der Waals surface area contributed by atoms with E-state index in [0.29, 0.717) is 0 Å². The maximum atomic E-state index is 12.8. The third-order valence-electron chi connectivity index (χ3n) is 6.03. The van der Waals surface area contributed by atoms with Gasteiger partial charge in [-0.25, -0.2) is 0 Å². The summed E-state index contributed by atoms with van der Waals surface area (Å²) in [5.41, 5.74) is 5.69. The van der Waals surface area contributed by atoms with Gasteiger partial charge in [0.05, 0.1) is 0 Å². The third kappa shape index (κ3) is 4.68. The van der Waals surface area contributed by atoms with Gasteiger partial charge in [0, 0.05) is 11.3 Å². The monoisotopic (exact) mass is 359 g/mol. The Kier molecular flexibility index (Phi) is 5.72. The molecule has 2 aliphatic carbocycles. The van der Waals surface area contributed by atoms with Crippen LogP contribution in [0.15, 0.2) is 54.1 Å². The topological polar surface area (TPSA) is 29.1 Å². The summed E-state index contributed by atoms with van der Waals surface area (Å²) in [7, 11) is 0. The molecule has 0 unspecified atom stereocenters. The van der Waals surface area contributed by atoms with Gasteiger partial charge in [0.25, 0.3) is 5.91 Å². The minimum absolute atomic E-state index is 0.0340. The van der Waals surface area contributed by atoms with Crippen LogP contribution in [0, 0.1) is 5.92 Å².